The third-order valence-electron chi connectivity index (χ3n) is 6.33. The lowest BCUT2D eigenvalue weighted by molar-refractivity contribution is -0.150. The zero-order valence-electron chi connectivity index (χ0n) is 21.5. The molecule has 0 aromatic rings. The molecule has 0 bridgehead atoms. The van der Waals surface area contributed by atoms with Gasteiger partial charge in [-0.2, -0.15) is 0 Å². The van der Waals surface area contributed by atoms with Crippen molar-refractivity contribution in [3.8, 4) is 0 Å². The van der Waals surface area contributed by atoms with Gasteiger partial charge < -0.3 is 9.84 Å². The molecule has 0 aromatic carbocycles. The van der Waals surface area contributed by atoms with Crippen LogP contribution < -0.4 is 0 Å². The van der Waals surface area contributed by atoms with Gasteiger partial charge in [-0.05, 0) is 38.5 Å². The number of hydrogen-bond acceptors (Lipinski definition) is 3. The number of hydrogen-bond donors (Lipinski definition) is 1. The quantitative estimate of drug-likeness (QED) is 0.110. The van der Waals surface area contributed by atoms with Gasteiger partial charge in [-0.1, -0.05) is 110 Å². The summed E-state index contributed by atoms with van der Waals surface area (Å²) in [5.41, 5.74) is 0. The minimum atomic E-state index is -0.712. The molecule has 190 valence electrons. The molecule has 0 rings (SSSR count). The summed E-state index contributed by atoms with van der Waals surface area (Å²) in [6, 6.07) is 0. The van der Waals surface area contributed by atoms with Gasteiger partial charge in [0.2, 0.25) is 0 Å². The highest BCUT2D eigenvalue weighted by Gasteiger charge is 2.14. The number of esters is 1. The van der Waals surface area contributed by atoms with Crippen molar-refractivity contribution >= 4 is 11.9 Å². The normalized spacial score (nSPS) is 12.1. The molecule has 32 heavy (non-hydrogen) atoms. The Hall–Kier alpha value is -1.06. The second kappa shape index (κ2) is 24.6. The number of carbonyl (C=O) groups is 2. The SMILES string of the molecule is CCCCCCCCCCCCC(=O)OC(CCCCCCC)CCCCCCC(=O)O. The van der Waals surface area contributed by atoms with Crippen LogP contribution in [0.1, 0.15) is 162 Å². The van der Waals surface area contributed by atoms with Crippen molar-refractivity contribution in [2.75, 3.05) is 0 Å². The van der Waals surface area contributed by atoms with Crippen LogP contribution in [0.3, 0.4) is 0 Å². The molecular formula is C28H54O4. The van der Waals surface area contributed by atoms with Crippen LogP contribution in [0.25, 0.3) is 0 Å². The second-order valence-corrected chi connectivity index (χ2v) is 9.59. The van der Waals surface area contributed by atoms with E-state index in [2.05, 4.69) is 13.8 Å². The lowest BCUT2D eigenvalue weighted by Crippen LogP contribution is -2.18. The number of ether oxygens (including phenoxy) is 1. The Balaban J connectivity index is 3.93. The maximum atomic E-state index is 12.3. The van der Waals surface area contributed by atoms with Gasteiger partial charge in [0.1, 0.15) is 6.10 Å². The van der Waals surface area contributed by atoms with E-state index in [1.54, 1.807) is 0 Å². The van der Waals surface area contributed by atoms with Gasteiger partial charge in [0, 0.05) is 12.8 Å². The predicted molar refractivity (Wildman–Crippen MR) is 135 cm³/mol. The van der Waals surface area contributed by atoms with E-state index >= 15 is 0 Å². The van der Waals surface area contributed by atoms with Gasteiger partial charge in [0.25, 0.3) is 0 Å². The number of aliphatic carboxylic acids is 1. The average Bonchev–Trinajstić information content (AvgIpc) is 2.76. The van der Waals surface area contributed by atoms with Gasteiger partial charge in [-0.25, -0.2) is 0 Å². The number of carboxylic acid groups (broad SMARTS) is 1. The molecular weight excluding hydrogens is 400 g/mol. The van der Waals surface area contributed by atoms with Crippen LogP contribution in [0.15, 0.2) is 0 Å². The Morgan fingerprint density at radius 2 is 0.938 bits per heavy atom. The fourth-order valence-electron chi connectivity index (χ4n) is 4.24. The summed E-state index contributed by atoms with van der Waals surface area (Å²) < 4.78 is 5.85. The minimum absolute atomic E-state index is 0.0194. The molecule has 0 saturated carbocycles. The summed E-state index contributed by atoms with van der Waals surface area (Å²) in [5, 5.41) is 8.73. The zero-order chi connectivity index (χ0) is 23.7. The Kier molecular flexibility index (Phi) is 23.8. The van der Waals surface area contributed by atoms with E-state index in [1.165, 1.54) is 77.0 Å². The van der Waals surface area contributed by atoms with E-state index in [-0.39, 0.29) is 18.5 Å². The van der Waals surface area contributed by atoms with Crippen LogP contribution in [0.4, 0.5) is 0 Å². The molecule has 0 fully saturated rings. The minimum Gasteiger partial charge on any atom is -0.481 e. The molecule has 0 aliphatic carbocycles. The van der Waals surface area contributed by atoms with Gasteiger partial charge in [-0.15, -0.1) is 0 Å². The fraction of sp³-hybridized carbons (Fsp3) is 0.929. The lowest BCUT2D eigenvalue weighted by atomic mass is 10.0. The first-order valence-corrected chi connectivity index (χ1v) is 14.0. The van der Waals surface area contributed by atoms with Crippen LogP contribution in [-0.2, 0) is 14.3 Å². The van der Waals surface area contributed by atoms with Crippen LogP contribution in [0.5, 0.6) is 0 Å². The molecule has 0 saturated heterocycles. The molecule has 0 spiro atoms. The molecule has 0 amide bonds. The molecule has 0 aliphatic heterocycles. The van der Waals surface area contributed by atoms with E-state index in [1.807, 2.05) is 0 Å². The standard InChI is InChI=1S/C28H54O4/c1-3-5-7-9-10-11-12-13-15-21-25-28(31)32-26(22-18-14-8-6-4-2)23-19-16-17-20-24-27(29)30/h26H,3-25H2,1-2H3,(H,29,30). The molecule has 0 heterocycles. The molecule has 0 aromatic heterocycles. The number of carbonyl (C=O) groups excluding carboxylic acids is 1. The zero-order valence-corrected chi connectivity index (χ0v) is 21.5. The summed E-state index contributed by atoms with van der Waals surface area (Å²) in [6.45, 7) is 4.48. The Morgan fingerprint density at radius 1 is 0.562 bits per heavy atom. The van der Waals surface area contributed by atoms with Gasteiger partial charge in [0.05, 0.1) is 0 Å². The highest BCUT2D eigenvalue weighted by molar-refractivity contribution is 5.69. The molecule has 1 unspecified atom stereocenters. The van der Waals surface area contributed by atoms with Crippen LogP contribution in [-0.4, -0.2) is 23.1 Å². The Morgan fingerprint density at radius 3 is 1.38 bits per heavy atom. The number of carboxylic acids is 1. The average molecular weight is 455 g/mol. The predicted octanol–water partition coefficient (Wildman–Crippen LogP) is 8.99. The highest BCUT2D eigenvalue weighted by atomic mass is 16.5. The van der Waals surface area contributed by atoms with E-state index < -0.39 is 5.97 Å². The lowest BCUT2D eigenvalue weighted by Gasteiger charge is -2.18. The maximum absolute atomic E-state index is 12.3. The Bertz CT molecular complexity index is 422. The summed E-state index contributed by atoms with van der Waals surface area (Å²) >= 11 is 0. The number of unbranched alkanes of at least 4 members (excludes halogenated alkanes) is 16. The summed E-state index contributed by atoms with van der Waals surface area (Å²) in [5.74, 6) is -0.732. The summed E-state index contributed by atoms with van der Waals surface area (Å²) in [4.78, 5) is 23.0. The molecule has 4 heteroatoms. The summed E-state index contributed by atoms with van der Waals surface area (Å²) in [6.07, 6.45) is 25.4. The molecule has 4 nitrogen and oxygen atoms in total. The van der Waals surface area contributed by atoms with Crippen molar-refractivity contribution in [2.24, 2.45) is 0 Å². The van der Waals surface area contributed by atoms with Crippen molar-refractivity contribution < 1.29 is 19.4 Å². The maximum Gasteiger partial charge on any atom is 0.306 e. The first kappa shape index (κ1) is 30.9. The van der Waals surface area contributed by atoms with E-state index in [0.717, 1.165) is 57.8 Å². The van der Waals surface area contributed by atoms with Crippen LogP contribution in [0, 0.1) is 0 Å². The van der Waals surface area contributed by atoms with Gasteiger partial charge in [-0.3, -0.25) is 9.59 Å². The molecule has 0 radical (unpaired) electrons. The first-order chi connectivity index (χ1) is 15.6. The van der Waals surface area contributed by atoms with Crippen LogP contribution >= 0.6 is 0 Å². The van der Waals surface area contributed by atoms with Crippen molar-refractivity contribution in [1.29, 1.82) is 0 Å². The topological polar surface area (TPSA) is 63.6 Å². The van der Waals surface area contributed by atoms with Gasteiger partial charge in [0.15, 0.2) is 0 Å². The highest BCUT2D eigenvalue weighted by Crippen LogP contribution is 2.18. The third-order valence-corrected chi connectivity index (χ3v) is 6.33. The van der Waals surface area contributed by atoms with E-state index in [9.17, 15) is 9.59 Å². The van der Waals surface area contributed by atoms with E-state index in [0.29, 0.717) is 6.42 Å². The number of rotatable bonds is 25. The van der Waals surface area contributed by atoms with Crippen molar-refractivity contribution in [3.05, 3.63) is 0 Å². The van der Waals surface area contributed by atoms with Crippen molar-refractivity contribution in [1.82, 2.24) is 0 Å². The molecule has 0 aliphatic rings. The first-order valence-electron chi connectivity index (χ1n) is 14.0. The smallest absolute Gasteiger partial charge is 0.306 e. The Labute approximate surface area is 199 Å². The third kappa shape index (κ3) is 23.6. The second-order valence-electron chi connectivity index (χ2n) is 9.59. The van der Waals surface area contributed by atoms with Crippen molar-refractivity contribution in [3.63, 3.8) is 0 Å². The molecule has 1 N–H and O–H groups in total. The van der Waals surface area contributed by atoms with E-state index in [4.69, 9.17) is 9.84 Å². The molecule has 1 atom stereocenters. The van der Waals surface area contributed by atoms with Crippen LogP contribution in [0.2, 0.25) is 0 Å². The van der Waals surface area contributed by atoms with Gasteiger partial charge >= 0.3 is 11.9 Å². The monoisotopic (exact) mass is 454 g/mol. The fourth-order valence-corrected chi connectivity index (χ4v) is 4.24. The largest absolute Gasteiger partial charge is 0.481 e. The summed E-state index contributed by atoms with van der Waals surface area (Å²) in [7, 11) is 0. The van der Waals surface area contributed by atoms with Crippen molar-refractivity contribution in [2.45, 2.75) is 168 Å².